The Hall–Kier alpha value is -3.06. The molecule has 1 atom stereocenters. The number of hydrogen-bond acceptors (Lipinski definition) is 6. The maximum Gasteiger partial charge on any atom is 0.328 e. The molecule has 1 heterocycles. The lowest BCUT2D eigenvalue weighted by Gasteiger charge is -2.18. The second-order valence-electron chi connectivity index (χ2n) is 5.74. The van der Waals surface area contributed by atoms with Gasteiger partial charge < -0.3 is 9.47 Å². The van der Waals surface area contributed by atoms with Crippen LogP contribution >= 0.6 is 11.8 Å². The van der Waals surface area contributed by atoms with Crippen molar-refractivity contribution < 1.29 is 23.9 Å². The van der Waals surface area contributed by atoms with E-state index in [2.05, 4.69) is 4.74 Å². The first-order chi connectivity index (χ1) is 13.0. The van der Waals surface area contributed by atoms with Gasteiger partial charge in [0.2, 0.25) is 0 Å². The van der Waals surface area contributed by atoms with Crippen molar-refractivity contribution >= 4 is 35.0 Å². The normalized spacial score (nSPS) is 16.5. The number of esters is 1. The zero-order valence-corrected chi connectivity index (χ0v) is 15.6. The van der Waals surface area contributed by atoms with Crippen molar-refractivity contribution in [1.29, 1.82) is 0 Å². The average molecular weight is 383 g/mol. The molecule has 0 radical (unpaired) electrons. The van der Waals surface area contributed by atoms with Crippen LogP contribution in [0.4, 0.5) is 4.79 Å². The van der Waals surface area contributed by atoms with E-state index in [4.69, 9.17) is 4.74 Å². The zero-order valence-electron chi connectivity index (χ0n) is 14.7. The highest BCUT2D eigenvalue weighted by Gasteiger charge is 2.41. The summed E-state index contributed by atoms with van der Waals surface area (Å²) in [5, 5.41) is -0.499. The Bertz CT molecular complexity index is 910. The fraction of sp³-hybridized carbons (Fsp3) is 0.150. The minimum atomic E-state index is -0.971. The molecule has 0 aliphatic carbocycles. The fourth-order valence-electron chi connectivity index (χ4n) is 2.53. The molecule has 1 aliphatic rings. The number of rotatable bonds is 5. The number of para-hydroxylation sites is 1. The molecule has 0 aromatic heterocycles. The molecule has 2 aromatic rings. The first-order valence-electron chi connectivity index (χ1n) is 8.17. The minimum absolute atomic E-state index is 0.243. The fourth-order valence-corrected chi connectivity index (χ4v) is 3.44. The van der Waals surface area contributed by atoms with Gasteiger partial charge >= 0.3 is 5.97 Å². The van der Waals surface area contributed by atoms with Crippen molar-refractivity contribution in [1.82, 2.24) is 4.90 Å². The van der Waals surface area contributed by atoms with Crippen LogP contribution in [0.3, 0.4) is 0 Å². The number of methoxy groups -OCH3 is 1. The third-order valence-corrected chi connectivity index (χ3v) is 4.77. The summed E-state index contributed by atoms with van der Waals surface area (Å²) in [6.45, 7) is 1.46. The van der Waals surface area contributed by atoms with Gasteiger partial charge in [0.1, 0.15) is 17.5 Å². The monoisotopic (exact) mass is 383 g/mol. The topological polar surface area (TPSA) is 72.9 Å². The van der Waals surface area contributed by atoms with E-state index in [0.717, 1.165) is 16.7 Å². The third-order valence-electron chi connectivity index (χ3n) is 3.89. The van der Waals surface area contributed by atoms with E-state index in [0.29, 0.717) is 17.1 Å². The second kappa shape index (κ2) is 8.09. The molecule has 0 N–H and O–H groups in total. The first-order valence-corrected chi connectivity index (χ1v) is 8.99. The molecule has 7 heteroatoms. The highest BCUT2D eigenvalue weighted by Crippen LogP contribution is 2.34. The van der Waals surface area contributed by atoms with Gasteiger partial charge in [0.25, 0.3) is 11.1 Å². The van der Waals surface area contributed by atoms with Gasteiger partial charge in [0, 0.05) is 0 Å². The predicted octanol–water partition coefficient (Wildman–Crippen LogP) is 4.08. The third kappa shape index (κ3) is 4.20. The van der Waals surface area contributed by atoms with Crippen LogP contribution in [0.25, 0.3) is 6.08 Å². The Balaban J connectivity index is 1.81. The molecule has 0 unspecified atom stereocenters. The first kappa shape index (κ1) is 18.7. The van der Waals surface area contributed by atoms with Crippen LogP contribution in [-0.2, 0) is 14.3 Å². The van der Waals surface area contributed by atoms with Crippen LogP contribution in [0, 0.1) is 0 Å². The lowest BCUT2D eigenvalue weighted by atomic mass is 10.2. The summed E-state index contributed by atoms with van der Waals surface area (Å²) in [4.78, 5) is 37.5. The van der Waals surface area contributed by atoms with Crippen LogP contribution in [0.5, 0.6) is 11.5 Å². The quantitative estimate of drug-likeness (QED) is 0.572. The average Bonchev–Trinajstić information content (AvgIpc) is 2.95. The number of thioether (sulfide) groups is 1. The molecule has 1 saturated heterocycles. The van der Waals surface area contributed by atoms with Gasteiger partial charge in [-0.05, 0) is 54.6 Å². The largest absolute Gasteiger partial charge is 0.467 e. The van der Waals surface area contributed by atoms with E-state index in [9.17, 15) is 14.4 Å². The molecule has 27 heavy (non-hydrogen) atoms. The van der Waals surface area contributed by atoms with Crippen molar-refractivity contribution in [3.63, 3.8) is 0 Å². The van der Waals surface area contributed by atoms with E-state index >= 15 is 0 Å². The maximum atomic E-state index is 12.5. The molecular weight excluding hydrogens is 366 g/mol. The number of imide groups is 1. The molecule has 0 bridgehead atoms. The smallest absolute Gasteiger partial charge is 0.328 e. The lowest BCUT2D eigenvalue weighted by Crippen LogP contribution is -2.42. The molecule has 3 rings (SSSR count). The SMILES string of the molecule is COC(=O)[C@H](C)N1C(=O)S/C(=C/c2cccc(Oc3ccccc3)c2)C1=O. The number of ether oxygens (including phenoxy) is 2. The lowest BCUT2D eigenvalue weighted by molar-refractivity contribution is -0.148. The summed E-state index contributed by atoms with van der Waals surface area (Å²) in [7, 11) is 1.21. The van der Waals surface area contributed by atoms with Crippen LogP contribution in [0.15, 0.2) is 59.5 Å². The van der Waals surface area contributed by atoms with Crippen molar-refractivity contribution in [2.75, 3.05) is 7.11 Å². The number of benzene rings is 2. The Morgan fingerprint density at radius 2 is 1.78 bits per heavy atom. The highest BCUT2D eigenvalue weighted by molar-refractivity contribution is 8.18. The van der Waals surface area contributed by atoms with E-state index in [1.165, 1.54) is 14.0 Å². The summed E-state index contributed by atoms with van der Waals surface area (Å²) < 4.78 is 10.4. The van der Waals surface area contributed by atoms with E-state index in [1.54, 1.807) is 30.3 Å². The van der Waals surface area contributed by atoms with Crippen molar-refractivity contribution in [3.05, 3.63) is 65.1 Å². The van der Waals surface area contributed by atoms with Crippen molar-refractivity contribution in [2.24, 2.45) is 0 Å². The van der Waals surface area contributed by atoms with Gasteiger partial charge in [-0.15, -0.1) is 0 Å². The molecule has 0 spiro atoms. The number of carbonyl (C=O) groups excluding carboxylic acids is 3. The molecular formula is C20H17NO5S. The van der Waals surface area contributed by atoms with Gasteiger partial charge in [-0.1, -0.05) is 30.3 Å². The Morgan fingerprint density at radius 3 is 2.48 bits per heavy atom. The maximum absolute atomic E-state index is 12.5. The number of hydrogen-bond donors (Lipinski definition) is 0. The molecule has 6 nitrogen and oxygen atoms in total. The summed E-state index contributed by atoms with van der Waals surface area (Å²) in [6, 6.07) is 15.5. The summed E-state index contributed by atoms with van der Waals surface area (Å²) in [5.74, 6) is 0.146. The van der Waals surface area contributed by atoms with Crippen molar-refractivity contribution in [3.8, 4) is 11.5 Å². The van der Waals surface area contributed by atoms with Crippen LogP contribution in [-0.4, -0.2) is 35.2 Å². The van der Waals surface area contributed by atoms with E-state index < -0.39 is 23.2 Å². The van der Waals surface area contributed by atoms with E-state index in [1.807, 2.05) is 30.3 Å². The van der Waals surface area contributed by atoms with E-state index in [-0.39, 0.29) is 4.91 Å². The molecule has 2 amide bonds. The Morgan fingerprint density at radius 1 is 1.07 bits per heavy atom. The standard InChI is InChI=1S/C20H17NO5S/c1-13(19(23)25-2)21-18(22)17(27-20(21)24)12-14-7-6-10-16(11-14)26-15-8-4-3-5-9-15/h3-13H,1-2H3/b17-12+/t13-/m0/s1. The number of carbonyl (C=O) groups is 3. The van der Waals surface area contributed by atoms with Gasteiger partial charge in [-0.2, -0.15) is 0 Å². The Labute approximate surface area is 160 Å². The highest BCUT2D eigenvalue weighted by atomic mass is 32.2. The minimum Gasteiger partial charge on any atom is -0.467 e. The van der Waals surface area contributed by atoms with Crippen molar-refractivity contribution in [2.45, 2.75) is 13.0 Å². The van der Waals surface area contributed by atoms with Gasteiger partial charge in [0.05, 0.1) is 12.0 Å². The molecule has 138 valence electrons. The van der Waals surface area contributed by atoms with Crippen LogP contribution < -0.4 is 4.74 Å². The second-order valence-corrected chi connectivity index (χ2v) is 6.73. The molecule has 0 saturated carbocycles. The molecule has 2 aromatic carbocycles. The van der Waals surface area contributed by atoms with Gasteiger partial charge in [0.15, 0.2) is 0 Å². The summed E-state index contributed by atoms with van der Waals surface area (Å²) in [6.07, 6.45) is 1.60. The van der Waals surface area contributed by atoms with Gasteiger partial charge in [-0.3, -0.25) is 14.5 Å². The van der Waals surface area contributed by atoms with Crippen LogP contribution in [0.2, 0.25) is 0 Å². The van der Waals surface area contributed by atoms with Crippen LogP contribution in [0.1, 0.15) is 12.5 Å². The summed E-state index contributed by atoms with van der Waals surface area (Å²) in [5.41, 5.74) is 0.708. The molecule has 1 aliphatic heterocycles. The predicted molar refractivity (Wildman–Crippen MR) is 102 cm³/mol. The van der Waals surface area contributed by atoms with Gasteiger partial charge in [-0.25, -0.2) is 4.79 Å². The number of amides is 2. The zero-order chi connectivity index (χ0) is 19.4. The molecule has 1 fully saturated rings. The summed E-state index contributed by atoms with van der Waals surface area (Å²) >= 11 is 0.793. The number of nitrogens with zero attached hydrogens (tertiary/aromatic N) is 1. The Kier molecular flexibility index (Phi) is 5.61.